The van der Waals surface area contributed by atoms with Crippen molar-refractivity contribution in [1.82, 2.24) is 9.97 Å². The van der Waals surface area contributed by atoms with Gasteiger partial charge in [0.1, 0.15) is 29.3 Å². The minimum Gasteiger partial charge on any atom is -0.494 e. The van der Waals surface area contributed by atoms with Crippen LogP contribution in [-0.2, 0) is 6.54 Å². The normalized spacial score (nSPS) is 14.8. The number of ether oxygens (including phenoxy) is 1. The van der Waals surface area contributed by atoms with Crippen LogP contribution in [0.3, 0.4) is 0 Å². The summed E-state index contributed by atoms with van der Waals surface area (Å²) in [6, 6.07) is 16.5. The summed E-state index contributed by atoms with van der Waals surface area (Å²) in [7, 11) is 0. The van der Waals surface area contributed by atoms with E-state index in [0.29, 0.717) is 6.61 Å². The topological polar surface area (TPSA) is 42.7 Å². The maximum absolute atomic E-state index is 6.10. The van der Waals surface area contributed by atoms with E-state index in [0.717, 1.165) is 65.1 Å². The summed E-state index contributed by atoms with van der Waals surface area (Å²) in [5.74, 6) is 1.98. The molecule has 0 saturated carbocycles. The number of nitrogens with zero attached hydrogens (tertiary/aromatic N) is 3. The second-order valence-electron chi connectivity index (χ2n) is 8.02. The number of fused-ring (bicyclic) bond motifs is 1. The second-order valence-corrected chi connectivity index (χ2v) is 9.32. The lowest BCUT2D eigenvalue weighted by molar-refractivity contribution is -0.914. The Morgan fingerprint density at radius 1 is 1.03 bits per heavy atom. The molecule has 2 aromatic carbocycles. The highest BCUT2D eigenvalue weighted by Crippen LogP contribution is 2.38. The Hall–Kier alpha value is -2.67. The average molecular weight is 466 g/mol. The zero-order valence-electron chi connectivity index (χ0n) is 18.1. The summed E-state index contributed by atoms with van der Waals surface area (Å²) in [6.07, 6.45) is 1.69. The van der Waals surface area contributed by atoms with Gasteiger partial charge in [-0.3, -0.25) is 0 Å². The molecule has 5 nitrogen and oxygen atoms in total. The van der Waals surface area contributed by atoms with Gasteiger partial charge in [-0.2, -0.15) is 0 Å². The van der Waals surface area contributed by atoms with E-state index < -0.39 is 0 Å². The lowest BCUT2D eigenvalue weighted by Crippen LogP contribution is -3.13. The first-order valence-corrected chi connectivity index (χ1v) is 12.3. The molecule has 0 bridgehead atoms. The van der Waals surface area contributed by atoms with E-state index in [1.807, 2.05) is 19.1 Å². The maximum atomic E-state index is 6.10. The second kappa shape index (κ2) is 9.45. The van der Waals surface area contributed by atoms with Crippen molar-refractivity contribution in [3.63, 3.8) is 0 Å². The number of rotatable bonds is 6. The van der Waals surface area contributed by atoms with Gasteiger partial charge in [0, 0.05) is 21.5 Å². The standard InChI is InChI=1S/C25H25ClN4OS/c1-2-31-21-9-3-18(4-10-21)15-29-11-13-30(14-12-29)24-23-22(16-32-25(23)28-17-27-24)19-5-7-20(26)8-6-19/h3-10,16-17H,2,11-15H2,1H3/p+1. The van der Waals surface area contributed by atoms with Crippen LogP contribution in [0.5, 0.6) is 5.75 Å². The Kier molecular flexibility index (Phi) is 6.26. The molecule has 0 radical (unpaired) electrons. The molecule has 4 aromatic rings. The molecule has 0 atom stereocenters. The van der Waals surface area contributed by atoms with Crippen molar-refractivity contribution in [3.05, 3.63) is 70.8 Å². The van der Waals surface area contributed by atoms with Gasteiger partial charge in [0.2, 0.25) is 0 Å². The van der Waals surface area contributed by atoms with Gasteiger partial charge in [0.05, 0.1) is 38.2 Å². The average Bonchev–Trinajstić information content (AvgIpc) is 3.26. The molecule has 164 valence electrons. The lowest BCUT2D eigenvalue weighted by atomic mass is 10.1. The number of nitrogens with one attached hydrogen (secondary N) is 1. The maximum Gasteiger partial charge on any atom is 0.141 e. The third kappa shape index (κ3) is 4.44. The van der Waals surface area contributed by atoms with Crippen LogP contribution in [0.25, 0.3) is 21.3 Å². The van der Waals surface area contributed by atoms with E-state index >= 15 is 0 Å². The van der Waals surface area contributed by atoms with Gasteiger partial charge >= 0.3 is 0 Å². The Morgan fingerprint density at radius 2 is 1.78 bits per heavy atom. The number of hydrogen-bond acceptors (Lipinski definition) is 5. The summed E-state index contributed by atoms with van der Waals surface area (Å²) < 4.78 is 5.56. The highest BCUT2D eigenvalue weighted by molar-refractivity contribution is 7.17. The van der Waals surface area contributed by atoms with Crippen molar-refractivity contribution >= 4 is 39.0 Å². The van der Waals surface area contributed by atoms with Crippen molar-refractivity contribution < 1.29 is 9.64 Å². The monoisotopic (exact) mass is 465 g/mol. The zero-order chi connectivity index (χ0) is 21.9. The molecule has 3 heterocycles. The Bertz CT molecular complexity index is 1190. The smallest absolute Gasteiger partial charge is 0.141 e. The first-order valence-electron chi connectivity index (χ1n) is 11.0. The summed E-state index contributed by atoms with van der Waals surface area (Å²) >= 11 is 7.77. The van der Waals surface area contributed by atoms with Crippen LogP contribution < -0.4 is 14.5 Å². The zero-order valence-corrected chi connectivity index (χ0v) is 19.6. The van der Waals surface area contributed by atoms with E-state index in [1.54, 1.807) is 22.6 Å². The number of thiophene rings is 1. The molecule has 1 fully saturated rings. The van der Waals surface area contributed by atoms with Crippen molar-refractivity contribution in [2.45, 2.75) is 13.5 Å². The SMILES string of the molecule is CCOc1ccc(C[NH+]2CCN(c3ncnc4scc(-c5ccc(Cl)cc5)c34)CC2)cc1. The molecule has 5 rings (SSSR count). The molecule has 1 aliphatic heterocycles. The molecule has 1 aliphatic rings. The predicted molar refractivity (Wildman–Crippen MR) is 132 cm³/mol. The minimum absolute atomic E-state index is 0.701. The molecular weight excluding hydrogens is 440 g/mol. The van der Waals surface area contributed by atoms with Gasteiger partial charge in [-0.25, -0.2) is 9.97 Å². The Labute approximate surface area is 197 Å². The summed E-state index contributed by atoms with van der Waals surface area (Å²) in [4.78, 5) is 14.3. The van der Waals surface area contributed by atoms with Crippen LogP contribution in [0, 0.1) is 0 Å². The van der Waals surface area contributed by atoms with Crippen molar-refractivity contribution in [2.75, 3.05) is 37.7 Å². The molecule has 0 spiro atoms. The van der Waals surface area contributed by atoms with Crippen molar-refractivity contribution in [2.24, 2.45) is 0 Å². The van der Waals surface area contributed by atoms with Crippen LogP contribution in [0.4, 0.5) is 5.82 Å². The molecule has 7 heteroatoms. The van der Waals surface area contributed by atoms with Gasteiger partial charge in [-0.05, 0) is 48.9 Å². The highest BCUT2D eigenvalue weighted by atomic mass is 35.5. The van der Waals surface area contributed by atoms with Crippen LogP contribution in [-0.4, -0.2) is 42.8 Å². The molecule has 0 amide bonds. The molecule has 0 aliphatic carbocycles. The van der Waals surface area contributed by atoms with Crippen molar-refractivity contribution in [1.29, 1.82) is 0 Å². The summed E-state index contributed by atoms with van der Waals surface area (Å²) in [6.45, 7) is 7.87. The van der Waals surface area contributed by atoms with Gasteiger partial charge in [0.15, 0.2) is 0 Å². The first-order chi connectivity index (χ1) is 15.7. The number of anilines is 1. The number of aromatic nitrogens is 2. The fourth-order valence-electron chi connectivity index (χ4n) is 4.31. The molecular formula is C25H26ClN4OS+. The number of benzene rings is 2. The van der Waals surface area contributed by atoms with Crippen molar-refractivity contribution in [3.8, 4) is 16.9 Å². The third-order valence-corrected chi connectivity index (χ3v) is 7.10. The summed E-state index contributed by atoms with van der Waals surface area (Å²) in [5.41, 5.74) is 3.68. The quantitative estimate of drug-likeness (QED) is 0.460. The molecule has 0 unspecified atom stereocenters. The van der Waals surface area contributed by atoms with E-state index in [4.69, 9.17) is 21.3 Å². The first kappa shape index (κ1) is 21.2. The largest absolute Gasteiger partial charge is 0.494 e. The van der Waals surface area contributed by atoms with Crippen LogP contribution in [0.1, 0.15) is 12.5 Å². The number of quaternary nitrogens is 1. The van der Waals surface area contributed by atoms with E-state index in [2.05, 4.69) is 51.7 Å². The summed E-state index contributed by atoms with van der Waals surface area (Å²) in [5, 5.41) is 4.07. The highest BCUT2D eigenvalue weighted by Gasteiger charge is 2.24. The van der Waals surface area contributed by atoms with Crippen LogP contribution in [0.15, 0.2) is 60.2 Å². The fourth-order valence-corrected chi connectivity index (χ4v) is 5.35. The van der Waals surface area contributed by atoms with Gasteiger partial charge < -0.3 is 14.5 Å². The molecule has 1 saturated heterocycles. The van der Waals surface area contributed by atoms with Gasteiger partial charge in [-0.15, -0.1) is 11.3 Å². The van der Waals surface area contributed by atoms with Crippen LogP contribution in [0.2, 0.25) is 5.02 Å². The predicted octanol–water partition coefficient (Wildman–Crippen LogP) is 4.32. The number of hydrogen-bond donors (Lipinski definition) is 1. The molecule has 32 heavy (non-hydrogen) atoms. The fraction of sp³-hybridized carbons (Fsp3) is 0.280. The van der Waals surface area contributed by atoms with Gasteiger partial charge in [-0.1, -0.05) is 23.7 Å². The third-order valence-electron chi connectivity index (χ3n) is 5.96. The van der Waals surface area contributed by atoms with E-state index in [-0.39, 0.29) is 0 Å². The lowest BCUT2D eigenvalue weighted by Gasteiger charge is -2.33. The number of halogens is 1. The molecule has 1 N–H and O–H groups in total. The number of piperazine rings is 1. The van der Waals surface area contributed by atoms with E-state index in [9.17, 15) is 0 Å². The van der Waals surface area contributed by atoms with E-state index in [1.165, 1.54) is 11.1 Å². The minimum atomic E-state index is 0.701. The Balaban J connectivity index is 1.32. The molecule has 2 aromatic heterocycles. The Morgan fingerprint density at radius 3 is 2.50 bits per heavy atom. The van der Waals surface area contributed by atoms with Crippen LogP contribution >= 0.6 is 22.9 Å². The van der Waals surface area contributed by atoms with Gasteiger partial charge in [0.25, 0.3) is 0 Å².